The fourth-order valence-corrected chi connectivity index (χ4v) is 6.41. The van der Waals surface area contributed by atoms with E-state index in [1.54, 1.807) is 19.1 Å². The number of hydrogen-bond donors (Lipinski definition) is 3. The van der Waals surface area contributed by atoms with E-state index in [9.17, 15) is 18.8 Å². The number of halogens is 1. The molecule has 4 atom stereocenters. The van der Waals surface area contributed by atoms with Crippen LogP contribution in [0.15, 0.2) is 66.7 Å². The second-order valence-corrected chi connectivity index (χ2v) is 13.1. The molecule has 1 fully saturated rings. The van der Waals surface area contributed by atoms with Gasteiger partial charge in [0.15, 0.2) is 0 Å². The summed E-state index contributed by atoms with van der Waals surface area (Å²) in [5, 5.41) is 5.89. The first-order valence-electron chi connectivity index (χ1n) is 15.2. The Hall–Kier alpha value is -3.56. The van der Waals surface area contributed by atoms with Crippen molar-refractivity contribution in [3.05, 3.63) is 87.9 Å². The molecule has 1 aliphatic rings. The fourth-order valence-electron chi connectivity index (χ4n) is 5.54. The van der Waals surface area contributed by atoms with E-state index >= 15 is 0 Å². The number of nitrogens with two attached hydrogens (primary N) is 1. The minimum Gasteiger partial charge on any atom is -0.347 e. The van der Waals surface area contributed by atoms with E-state index in [1.807, 2.05) is 35.2 Å². The molecule has 0 radical (unpaired) electrons. The van der Waals surface area contributed by atoms with Gasteiger partial charge in [-0.2, -0.15) is 0 Å². The van der Waals surface area contributed by atoms with Crippen LogP contribution in [-0.4, -0.2) is 47.3 Å². The Morgan fingerprint density at radius 3 is 2.40 bits per heavy atom. The van der Waals surface area contributed by atoms with E-state index in [4.69, 9.17) is 5.73 Å². The summed E-state index contributed by atoms with van der Waals surface area (Å²) in [5.41, 5.74) is 8.16. The summed E-state index contributed by atoms with van der Waals surface area (Å²) >= 11 is 1.21. The van der Waals surface area contributed by atoms with Gasteiger partial charge in [-0.05, 0) is 86.4 Å². The monoisotopic (exact) mass is 606 g/mol. The van der Waals surface area contributed by atoms with E-state index in [-0.39, 0.29) is 29.6 Å². The van der Waals surface area contributed by atoms with Gasteiger partial charge in [-0.1, -0.05) is 51.1 Å². The number of likely N-dealkylation sites (tertiary alicyclic amines) is 1. The minimum absolute atomic E-state index is 0.00571. The summed E-state index contributed by atoms with van der Waals surface area (Å²) in [6, 6.07) is 18.1. The number of carbonyl (C=O) groups is 3. The second kappa shape index (κ2) is 15.3. The Morgan fingerprint density at radius 1 is 1.00 bits per heavy atom. The van der Waals surface area contributed by atoms with Gasteiger partial charge in [0.2, 0.25) is 5.91 Å². The highest BCUT2D eigenvalue weighted by atomic mass is 32.1. The molecule has 3 amide bonds. The number of carbonyl (C=O) groups excluding carboxylic acids is 3. The van der Waals surface area contributed by atoms with Crippen LogP contribution in [0.4, 0.5) is 10.1 Å². The predicted molar refractivity (Wildman–Crippen MR) is 171 cm³/mol. The van der Waals surface area contributed by atoms with E-state index in [1.165, 1.54) is 35.6 Å². The molecule has 4 rings (SSSR count). The Labute approximate surface area is 258 Å². The predicted octanol–water partition coefficient (Wildman–Crippen LogP) is 6.26. The van der Waals surface area contributed by atoms with Crippen LogP contribution in [0.1, 0.15) is 77.8 Å². The lowest BCUT2D eigenvalue weighted by Crippen LogP contribution is -2.50. The van der Waals surface area contributed by atoms with Gasteiger partial charge in [-0.25, -0.2) is 4.39 Å². The molecular weight excluding hydrogens is 563 g/mol. The van der Waals surface area contributed by atoms with Crippen LogP contribution in [0.3, 0.4) is 0 Å². The Balaban J connectivity index is 1.41. The molecule has 0 saturated carbocycles. The molecule has 0 bridgehead atoms. The van der Waals surface area contributed by atoms with E-state index in [0.29, 0.717) is 34.2 Å². The van der Waals surface area contributed by atoms with Crippen LogP contribution in [0.25, 0.3) is 0 Å². The van der Waals surface area contributed by atoms with Crippen LogP contribution < -0.4 is 16.4 Å². The van der Waals surface area contributed by atoms with Crippen LogP contribution in [0.5, 0.6) is 0 Å². The van der Waals surface area contributed by atoms with Crippen molar-refractivity contribution in [1.29, 1.82) is 0 Å². The smallest absolute Gasteiger partial charge is 0.264 e. The molecule has 1 saturated heterocycles. The molecule has 4 N–H and O–H groups in total. The standard InChI is InChI=1S/C34H43FN4O3S/c1-22(2)11-16-27-10-7-19-39(27)34(42)31-18-17-30(43-31)33(41)38-29(21-24-8-5-4-6-9-24)28(36)20-23(3)32(40)37-26-14-12-25(35)13-15-26/h4-6,8-9,12-15,17-18,22-23,27-29H,7,10-11,16,19-21,36H2,1-3H3,(H,37,40)(H,38,41)/t23-,27-,28+,29+/m1/s1. The zero-order valence-electron chi connectivity index (χ0n) is 25.2. The van der Waals surface area contributed by atoms with Gasteiger partial charge >= 0.3 is 0 Å². The van der Waals surface area contributed by atoms with Gasteiger partial charge in [0, 0.05) is 36.3 Å². The van der Waals surface area contributed by atoms with Crippen molar-refractivity contribution in [2.75, 3.05) is 11.9 Å². The number of rotatable bonds is 13. The van der Waals surface area contributed by atoms with Crippen molar-refractivity contribution in [3.8, 4) is 0 Å². The summed E-state index contributed by atoms with van der Waals surface area (Å²) in [5.74, 6) is -0.767. The number of anilines is 1. The molecule has 3 aromatic rings. The highest BCUT2D eigenvalue weighted by Crippen LogP contribution is 2.28. The van der Waals surface area contributed by atoms with Crippen LogP contribution in [-0.2, 0) is 11.2 Å². The number of nitrogens with zero attached hydrogens (tertiary/aromatic N) is 1. The molecule has 43 heavy (non-hydrogen) atoms. The summed E-state index contributed by atoms with van der Waals surface area (Å²) in [7, 11) is 0. The van der Waals surface area contributed by atoms with Gasteiger partial charge in [0.25, 0.3) is 11.8 Å². The molecule has 0 unspecified atom stereocenters. The Bertz CT molecular complexity index is 1360. The average Bonchev–Trinajstić information content (AvgIpc) is 3.67. The molecule has 1 aromatic heterocycles. The summed E-state index contributed by atoms with van der Waals surface area (Å²) in [4.78, 5) is 42.7. The number of amides is 3. The van der Waals surface area contributed by atoms with Crippen molar-refractivity contribution >= 4 is 34.7 Å². The number of hydrogen-bond acceptors (Lipinski definition) is 5. The molecule has 230 valence electrons. The fraction of sp³-hybridized carbons (Fsp3) is 0.441. The zero-order chi connectivity index (χ0) is 30.9. The molecule has 1 aliphatic heterocycles. The first-order valence-corrected chi connectivity index (χ1v) is 16.0. The normalized spacial score (nSPS) is 17.0. The van der Waals surface area contributed by atoms with E-state index < -0.39 is 18.0 Å². The maximum absolute atomic E-state index is 13.4. The van der Waals surface area contributed by atoms with Crippen LogP contribution >= 0.6 is 11.3 Å². The average molecular weight is 607 g/mol. The van der Waals surface area contributed by atoms with Crippen LogP contribution in [0.2, 0.25) is 0 Å². The van der Waals surface area contributed by atoms with Gasteiger partial charge < -0.3 is 21.3 Å². The lowest BCUT2D eigenvalue weighted by molar-refractivity contribution is -0.119. The maximum Gasteiger partial charge on any atom is 0.264 e. The highest BCUT2D eigenvalue weighted by molar-refractivity contribution is 7.15. The number of benzene rings is 2. The van der Waals surface area contributed by atoms with Gasteiger partial charge in [0.05, 0.1) is 9.75 Å². The molecule has 2 aromatic carbocycles. The third-order valence-electron chi connectivity index (χ3n) is 8.07. The summed E-state index contributed by atoms with van der Waals surface area (Å²) < 4.78 is 13.2. The molecule has 9 heteroatoms. The quantitative estimate of drug-likeness (QED) is 0.214. The third-order valence-corrected chi connectivity index (χ3v) is 9.14. The van der Waals surface area contributed by atoms with Crippen molar-refractivity contribution in [2.24, 2.45) is 17.6 Å². The summed E-state index contributed by atoms with van der Waals surface area (Å²) in [6.07, 6.45) is 4.93. The molecule has 0 spiro atoms. The van der Waals surface area contributed by atoms with Crippen molar-refractivity contribution in [1.82, 2.24) is 10.2 Å². The lowest BCUT2D eigenvalue weighted by atomic mass is 9.92. The van der Waals surface area contributed by atoms with Crippen molar-refractivity contribution in [3.63, 3.8) is 0 Å². The topological polar surface area (TPSA) is 105 Å². The Morgan fingerprint density at radius 2 is 1.70 bits per heavy atom. The Kier molecular flexibility index (Phi) is 11.5. The largest absolute Gasteiger partial charge is 0.347 e. The van der Waals surface area contributed by atoms with E-state index in [0.717, 1.165) is 37.8 Å². The maximum atomic E-state index is 13.4. The zero-order valence-corrected chi connectivity index (χ0v) is 26.0. The van der Waals surface area contributed by atoms with Gasteiger partial charge in [0.1, 0.15) is 5.82 Å². The molecule has 2 heterocycles. The van der Waals surface area contributed by atoms with Crippen molar-refractivity contribution in [2.45, 2.75) is 77.4 Å². The highest BCUT2D eigenvalue weighted by Gasteiger charge is 2.31. The minimum atomic E-state index is -0.523. The van der Waals surface area contributed by atoms with Crippen LogP contribution in [0, 0.1) is 17.7 Å². The SMILES string of the molecule is CC(C)CC[C@H]1CCCN1C(=O)c1ccc(C(=O)N[C@@H](Cc2ccccc2)[C@@H](N)C[C@@H](C)C(=O)Nc2ccc(F)cc2)s1. The first-order chi connectivity index (χ1) is 20.6. The van der Waals surface area contributed by atoms with Gasteiger partial charge in [-0.15, -0.1) is 11.3 Å². The third kappa shape index (κ3) is 9.21. The molecule has 7 nitrogen and oxygen atoms in total. The summed E-state index contributed by atoms with van der Waals surface area (Å²) in [6.45, 7) is 6.93. The van der Waals surface area contributed by atoms with Gasteiger partial charge in [-0.3, -0.25) is 14.4 Å². The van der Waals surface area contributed by atoms with E-state index in [2.05, 4.69) is 24.5 Å². The van der Waals surface area contributed by atoms with Crippen molar-refractivity contribution < 1.29 is 18.8 Å². The number of nitrogens with one attached hydrogen (secondary N) is 2. The first kappa shape index (κ1) is 32.4. The molecular formula is C34H43FN4O3S. The molecule has 0 aliphatic carbocycles. The lowest BCUT2D eigenvalue weighted by Gasteiger charge is -2.27. The number of thiophene rings is 1. The second-order valence-electron chi connectivity index (χ2n) is 12.0.